The minimum Gasteiger partial charge on any atom is -0.477 e. The number of likely N-dealkylation sites (N-methyl/N-ethyl adjacent to an activating group) is 1. The fourth-order valence-corrected chi connectivity index (χ4v) is 3.66. The van der Waals surface area contributed by atoms with Crippen LogP contribution >= 0.6 is 11.3 Å². The van der Waals surface area contributed by atoms with E-state index in [2.05, 4.69) is 10.3 Å². The van der Waals surface area contributed by atoms with Crippen molar-refractivity contribution in [2.45, 2.75) is 12.6 Å². The molecule has 8 heteroatoms. The van der Waals surface area contributed by atoms with E-state index in [0.717, 1.165) is 5.69 Å². The first kappa shape index (κ1) is 15.6. The average molecular weight is 356 g/mol. The molecule has 0 unspecified atom stereocenters. The number of anilines is 1. The van der Waals surface area contributed by atoms with E-state index in [1.807, 2.05) is 34.5 Å². The first-order valence-corrected chi connectivity index (χ1v) is 8.71. The van der Waals surface area contributed by atoms with E-state index < -0.39 is 6.10 Å². The van der Waals surface area contributed by atoms with Gasteiger partial charge in [-0.3, -0.25) is 14.0 Å². The Bertz CT molecular complexity index is 997. The Morgan fingerprint density at radius 2 is 2.28 bits per heavy atom. The third-order valence-electron chi connectivity index (χ3n) is 4.11. The number of benzene rings is 1. The molecule has 0 aliphatic carbocycles. The van der Waals surface area contributed by atoms with Crippen LogP contribution in [-0.4, -0.2) is 35.0 Å². The summed E-state index contributed by atoms with van der Waals surface area (Å²) in [5, 5.41) is 4.45. The number of amides is 1. The SMILES string of the molecule is CNC(=O)[C@@H]1CN(Cc2cc(=O)n3ccsc3n2)c2ccccc2O1. The molecule has 0 spiro atoms. The molecule has 2 aromatic heterocycles. The van der Waals surface area contributed by atoms with Crippen molar-refractivity contribution in [3.63, 3.8) is 0 Å². The molecule has 0 bridgehead atoms. The number of fused-ring (bicyclic) bond motifs is 2. The quantitative estimate of drug-likeness (QED) is 0.765. The lowest BCUT2D eigenvalue weighted by Gasteiger charge is -2.35. The van der Waals surface area contributed by atoms with Crippen molar-refractivity contribution in [1.29, 1.82) is 0 Å². The zero-order valence-corrected chi connectivity index (χ0v) is 14.3. The number of para-hydroxylation sites is 2. The standard InChI is InChI=1S/C17H16N4O3S/c1-18-16(23)14-10-20(12-4-2-3-5-13(12)24-14)9-11-8-15(22)21-6-7-25-17(21)19-11/h2-8,14H,9-10H2,1H3,(H,18,23)/t14-/m0/s1. The van der Waals surface area contributed by atoms with Crippen LogP contribution in [0.3, 0.4) is 0 Å². The molecule has 25 heavy (non-hydrogen) atoms. The average Bonchev–Trinajstić information content (AvgIpc) is 3.10. The molecule has 1 N–H and O–H groups in total. The first-order valence-electron chi connectivity index (χ1n) is 7.84. The summed E-state index contributed by atoms with van der Waals surface area (Å²) in [6.45, 7) is 0.819. The Morgan fingerprint density at radius 1 is 1.44 bits per heavy atom. The van der Waals surface area contributed by atoms with Gasteiger partial charge in [0.15, 0.2) is 11.1 Å². The van der Waals surface area contributed by atoms with Gasteiger partial charge in [-0.1, -0.05) is 12.1 Å². The number of rotatable bonds is 3. The van der Waals surface area contributed by atoms with Crippen molar-refractivity contribution < 1.29 is 9.53 Å². The molecule has 1 amide bonds. The smallest absolute Gasteiger partial charge is 0.262 e. The number of nitrogens with one attached hydrogen (secondary N) is 1. The van der Waals surface area contributed by atoms with Crippen LogP contribution in [0.1, 0.15) is 5.69 Å². The van der Waals surface area contributed by atoms with Crippen LogP contribution in [0, 0.1) is 0 Å². The predicted octanol–water partition coefficient (Wildman–Crippen LogP) is 1.27. The van der Waals surface area contributed by atoms with Crippen LogP contribution in [0.4, 0.5) is 5.69 Å². The summed E-state index contributed by atoms with van der Waals surface area (Å²) in [5.74, 6) is 0.470. The Balaban J connectivity index is 1.69. The van der Waals surface area contributed by atoms with Gasteiger partial charge >= 0.3 is 0 Å². The van der Waals surface area contributed by atoms with Gasteiger partial charge in [0.1, 0.15) is 5.75 Å². The second-order valence-corrected chi connectivity index (χ2v) is 6.58. The zero-order valence-electron chi connectivity index (χ0n) is 13.5. The number of thiazole rings is 1. The minimum absolute atomic E-state index is 0.106. The van der Waals surface area contributed by atoms with Gasteiger partial charge < -0.3 is 15.0 Å². The maximum absolute atomic E-state index is 12.2. The fraction of sp³-hybridized carbons (Fsp3) is 0.235. The molecule has 0 saturated carbocycles. The molecule has 1 atom stereocenters. The molecule has 128 valence electrons. The Morgan fingerprint density at radius 3 is 3.12 bits per heavy atom. The summed E-state index contributed by atoms with van der Waals surface area (Å²) in [6.07, 6.45) is 1.11. The van der Waals surface area contributed by atoms with Crippen LogP contribution in [-0.2, 0) is 11.3 Å². The maximum Gasteiger partial charge on any atom is 0.262 e. The molecular formula is C17H16N4O3S. The summed E-state index contributed by atoms with van der Waals surface area (Å²) >= 11 is 1.42. The number of aromatic nitrogens is 2. The topological polar surface area (TPSA) is 75.9 Å². The van der Waals surface area contributed by atoms with Crippen molar-refractivity contribution in [1.82, 2.24) is 14.7 Å². The largest absolute Gasteiger partial charge is 0.477 e. The highest BCUT2D eigenvalue weighted by molar-refractivity contribution is 7.15. The normalized spacial score (nSPS) is 16.4. The third kappa shape index (κ3) is 2.85. The predicted molar refractivity (Wildman–Crippen MR) is 95.3 cm³/mol. The number of carbonyl (C=O) groups excluding carboxylic acids is 1. The molecule has 0 saturated heterocycles. The van der Waals surface area contributed by atoms with Crippen LogP contribution in [0.2, 0.25) is 0 Å². The number of ether oxygens (including phenoxy) is 1. The van der Waals surface area contributed by atoms with E-state index in [-0.39, 0.29) is 11.5 Å². The summed E-state index contributed by atoms with van der Waals surface area (Å²) in [6, 6.07) is 9.09. The number of carbonyl (C=O) groups is 1. The van der Waals surface area contributed by atoms with Gasteiger partial charge in [-0.15, -0.1) is 11.3 Å². The molecular weight excluding hydrogens is 340 g/mol. The van der Waals surface area contributed by atoms with Gasteiger partial charge in [-0.25, -0.2) is 4.98 Å². The summed E-state index contributed by atoms with van der Waals surface area (Å²) in [7, 11) is 1.59. The van der Waals surface area contributed by atoms with Gasteiger partial charge in [-0.05, 0) is 12.1 Å². The third-order valence-corrected chi connectivity index (χ3v) is 4.87. The highest BCUT2D eigenvalue weighted by atomic mass is 32.1. The van der Waals surface area contributed by atoms with Crippen LogP contribution < -0.4 is 20.5 Å². The van der Waals surface area contributed by atoms with E-state index in [1.54, 1.807) is 13.2 Å². The van der Waals surface area contributed by atoms with Crippen molar-refractivity contribution >= 4 is 27.9 Å². The molecule has 1 aliphatic rings. The molecule has 0 radical (unpaired) electrons. The van der Waals surface area contributed by atoms with Gasteiger partial charge in [-0.2, -0.15) is 0 Å². The second-order valence-electron chi connectivity index (χ2n) is 5.71. The van der Waals surface area contributed by atoms with Crippen molar-refractivity contribution in [3.8, 4) is 5.75 Å². The van der Waals surface area contributed by atoms with Crippen LogP contribution in [0.15, 0.2) is 46.7 Å². The van der Waals surface area contributed by atoms with Crippen LogP contribution in [0.5, 0.6) is 5.75 Å². The summed E-state index contributed by atoms with van der Waals surface area (Å²) in [4.78, 5) is 31.5. The fourth-order valence-electron chi connectivity index (χ4n) is 2.92. The van der Waals surface area contributed by atoms with E-state index in [1.165, 1.54) is 21.8 Å². The Hall–Kier alpha value is -2.87. The molecule has 3 heterocycles. The number of hydrogen-bond donors (Lipinski definition) is 1. The molecule has 3 aromatic rings. The van der Waals surface area contributed by atoms with Crippen molar-refractivity contribution in [3.05, 3.63) is 58.0 Å². The molecule has 1 aromatic carbocycles. The van der Waals surface area contributed by atoms with E-state index in [9.17, 15) is 9.59 Å². The highest BCUT2D eigenvalue weighted by Crippen LogP contribution is 2.33. The Kier molecular flexibility index (Phi) is 3.89. The van der Waals surface area contributed by atoms with Crippen molar-refractivity contribution in [2.24, 2.45) is 0 Å². The number of nitrogens with zero attached hydrogens (tertiary/aromatic N) is 3. The maximum atomic E-state index is 12.2. The van der Waals surface area contributed by atoms with Gasteiger partial charge in [0, 0.05) is 24.7 Å². The first-order chi connectivity index (χ1) is 12.2. The van der Waals surface area contributed by atoms with Crippen LogP contribution in [0.25, 0.3) is 4.96 Å². The minimum atomic E-state index is -0.605. The molecule has 4 rings (SSSR count). The van der Waals surface area contributed by atoms with E-state index >= 15 is 0 Å². The van der Waals surface area contributed by atoms with Gasteiger partial charge in [0.2, 0.25) is 0 Å². The lowest BCUT2D eigenvalue weighted by atomic mass is 10.1. The van der Waals surface area contributed by atoms with Gasteiger partial charge in [0.05, 0.1) is 24.5 Å². The van der Waals surface area contributed by atoms with E-state index in [0.29, 0.717) is 29.5 Å². The highest BCUT2D eigenvalue weighted by Gasteiger charge is 2.30. The Labute approximate surface area is 147 Å². The number of hydrogen-bond acceptors (Lipinski definition) is 6. The lowest BCUT2D eigenvalue weighted by molar-refractivity contribution is -0.127. The monoisotopic (exact) mass is 356 g/mol. The van der Waals surface area contributed by atoms with Gasteiger partial charge in [0.25, 0.3) is 11.5 Å². The molecule has 7 nitrogen and oxygen atoms in total. The zero-order chi connectivity index (χ0) is 17.4. The van der Waals surface area contributed by atoms with Crippen molar-refractivity contribution in [2.75, 3.05) is 18.5 Å². The molecule has 1 aliphatic heterocycles. The van der Waals surface area contributed by atoms with E-state index in [4.69, 9.17) is 4.74 Å². The summed E-state index contributed by atoms with van der Waals surface area (Å²) < 4.78 is 7.32. The second kappa shape index (κ2) is 6.21. The lowest BCUT2D eigenvalue weighted by Crippen LogP contribution is -2.48. The summed E-state index contributed by atoms with van der Waals surface area (Å²) in [5.41, 5.74) is 1.45. The molecule has 0 fully saturated rings.